The highest BCUT2D eigenvalue weighted by Crippen LogP contribution is 2.32. The first-order valence-electron chi connectivity index (χ1n) is 5.92. The summed E-state index contributed by atoms with van der Waals surface area (Å²) >= 11 is 9.67. The van der Waals surface area contributed by atoms with Crippen molar-refractivity contribution in [2.75, 3.05) is 5.32 Å². The number of aryl methyl sites for hydroxylation is 1. The summed E-state index contributed by atoms with van der Waals surface area (Å²) in [6.45, 7) is 1.99. The Morgan fingerprint density at radius 1 is 1.44 bits per heavy atom. The van der Waals surface area contributed by atoms with Gasteiger partial charge in [0.15, 0.2) is 0 Å². The molecule has 18 heavy (non-hydrogen) atoms. The van der Waals surface area contributed by atoms with Gasteiger partial charge in [0.25, 0.3) is 0 Å². The molecule has 1 aliphatic rings. The standard InChI is InChI=1S/C13H13BrClN3/c1-8-7-18(13(16-8)17-9-5-6-9)11-4-2-3-10(15)12(11)14/h2-4,7,9H,5-6H2,1H3,(H,16,17). The molecule has 1 aliphatic carbocycles. The minimum Gasteiger partial charge on any atom is -0.353 e. The van der Waals surface area contributed by atoms with Gasteiger partial charge >= 0.3 is 0 Å². The van der Waals surface area contributed by atoms with Gasteiger partial charge in [-0.15, -0.1) is 0 Å². The van der Waals surface area contributed by atoms with Crippen molar-refractivity contribution in [3.8, 4) is 5.69 Å². The Labute approximate surface area is 119 Å². The number of anilines is 1. The molecule has 1 fully saturated rings. The van der Waals surface area contributed by atoms with Crippen molar-refractivity contribution in [3.05, 3.63) is 39.6 Å². The van der Waals surface area contributed by atoms with Crippen LogP contribution < -0.4 is 5.32 Å². The van der Waals surface area contributed by atoms with E-state index in [1.54, 1.807) is 0 Å². The third-order valence-electron chi connectivity index (χ3n) is 2.93. The van der Waals surface area contributed by atoms with Gasteiger partial charge < -0.3 is 5.32 Å². The van der Waals surface area contributed by atoms with E-state index in [0.717, 1.165) is 21.8 Å². The SMILES string of the molecule is Cc1cn(-c2cccc(Cl)c2Br)c(NC2CC2)n1. The van der Waals surface area contributed by atoms with Crippen LogP contribution in [0.25, 0.3) is 5.69 Å². The van der Waals surface area contributed by atoms with Crippen LogP contribution in [0.15, 0.2) is 28.9 Å². The van der Waals surface area contributed by atoms with Crippen LogP contribution in [-0.2, 0) is 0 Å². The zero-order chi connectivity index (χ0) is 12.7. The summed E-state index contributed by atoms with van der Waals surface area (Å²) in [7, 11) is 0. The Bertz CT molecular complexity index is 590. The first-order chi connectivity index (χ1) is 8.65. The van der Waals surface area contributed by atoms with Crippen molar-refractivity contribution in [1.82, 2.24) is 9.55 Å². The molecule has 1 aromatic carbocycles. The van der Waals surface area contributed by atoms with Crippen molar-refractivity contribution in [2.24, 2.45) is 0 Å². The number of hydrogen-bond acceptors (Lipinski definition) is 2. The van der Waals surface area contributed by atoms with Crippen molar-refractivity contribution in [2.45, 2.75) is 25.8 Å². The highest BCUT2D eigenvalue weighted by molar-refractivity contribution is 9.10. The summed E-state index contributed by atoms with van der Waals surface area (Å²) in [5.41, 5.74) is 2.00. The largest absolute Gasteiger partial charge is 0.353 e. The molecular weight excluding hydrogens is 314 g/mol. The molecule has 0 amide bonds. The third-order valence-corrected chi connectivity index (χ3v) is 4.30. The van der Waals surface area contributed by atoms with Gasteiger partial charge in [0.1, 0.15) is 0 Å². The van der Waals surface area contributed by atoms with Crippen LogP contribution in [0.4, 0.5) is 5.95 Å². The van der Waals surface area contributed by atoms with Gasteiger partial charge in [-0.05, 0) is 47.8 Å². The second-order valence-corrected chi connectivity index (χ2v) is 5.77. The average molecular weight is 327 g/mol. The van der Waals surface area contributed by atoms with E-state index in [0.29, 0.717) is 11.1 Å². The smallest absolute Gasteiger partial charge is 0.207 e. The molecule has 1 saturated carbocycles. The van der Waals surface area contributed by atoms with Gasteiger partial charge in [-0.3, -0.25) is 4.57 Å². The molecule has 0 saturated heterocycles. The summed E-state index contributed by atoms with van der Waals surface area (Å²) < 4.78 is 2.94. The fourth-order valence-corrected chi connectivity index (χ4v) is 2.50. The van der Waals surface area contributed by atoms with Crippen LogP contribution in [-0.4, -0.2) is 15.6 Å². The molecule has 1 heterocycles. The van der Waals surface area contributed by atoms with E-state index in [4.69, 9.17) is 11.6 Å². The first-order valence-corrected chi connectivity index (χ1v) is 7.09. The number of halogens is 2. The predicted octanol–water partition coefficient (Wildman–Crippen LogP) is 4.17. The molecule has 1 aromatic heterocycles. The van der Waals surface area contributed by atoms with Crippen LogP contribution in [0.3, 0.4) is 0 Å². The summed E-state index contributed by atoms with van der Waals surface area (Å²) in [6.07, 6.45) is 4.46. The Hall–Kier alpha value is -1.00. The molecule has 1 N–H and O–H groups in total. The fraction of sp³-hybridized carbons (Fsp3) is 0.308. The zero-order valence-corrected chi connectivity index (χ0v) is 12.3. The highest BCUT2D eigenvalue weighted by atomic mass is 79.9. The maximum atomic E-state index is 6.14. The van der Waals surface area contributed by atoms with Gasteiger partial charge in [-0.1, -0.05) is 17.7 Å². The predicted molar refractivity (Wildman–Crippen MR) is 77.7 cm³/mol. The number of rotatable bonds is 3. The lowest BCUT2D eigenvalue weighted by Crippen LogP contribution is -2.08. The minimum absolute atomic E-state index is 0.573. The molecule has 2 aromatic rings. The van der Waals surface area contributed by atoms with Gasteiger partial charge in [0, 0.05) is 12.2 Å². The van der Waals surface area contributed by atoms with E-state index in [1.807, 2.05) is 35.9 Å². The van der Waals surface area contributed by atoms with Gasteiger partial charge in [0.05, 0.1) is 20.9 Å². The van der Waals surface area contributed by atoms with E-state index in [2.05, 4.69) is 26.2 Å². The second kappa shape index (κ2) is 4.59. The lowest BCUT2D eigenvalue weighted by atomic mass is 10.3. The minimum atomic E-state index is 0.573. The van der Waals surface area contributed by atoms with Gasteiger partial charge in [-0.2, -0.15) is 0 Å². The Kier molecular flexibility index (Phi) is 3.08. The van der Waals surface area contributed by atoms with Gasteiger partial charge in [-0.25, -0.2) is 4.98 Å². The molecule has 0 radical (unpaired) electrons. The molecule has 3 nitrogen and oxygen atoms in total. The van der Waals surface area contributed by atoms with Crippen LogP contribution in [0.1, 0.15) is 18.5 Å². The van der Waals surface area contributed by atoms with Crippen molar-refractivity contribution in [1.29, 1.82) is 0 Å². The molecule has 0 bridgehead atoms. The van der Waals surface area contributed by atoms with E-state index >= 15 is 0 Å². The van der Waals surface area contributed by atoms with E-state index in [-0.39, 0.29) is 0 Å². The molecule has 3 rings (SSSR count). The zero-order valence-electron chi connectivity index (χ0n) is 9.95. The first kappa shape index (κ1) is 12.1. The Morgan fingerprint density at radius 3 is 2.94 bits per heavy atom. The molecule has 5 heteroatoms. The van der Waals surface area contributed by atoms with E-state index < -0.39 is 0 Å². The molecule has 0 unspecified atom stereocenters. The van der Waals surface area contributed by atoms with Gasteiger partial charge in [0.2, 0.25) is 5.95 Å². The van der Waals surface area contributed by atoms with Crippen molar-refractivity contribution < 1.29 is 0 Å². The maximum absolute atomic E-state index is 6.14. The topological polar surface area (TPSA) is 29.9 Å². The quantitative estimate of drug-likeness (QED) is 0.917. The van der Waals surface area contributed by atoms with E-state index in [1.165, 1.54) is 12.8 Å². The van der Waals surface area contributed by atoms with Crippen molar-refractivity contribution >= 4 is 33.5 Å². The molecule has 0 spiro atoms. The Balaban J connectivity index is 2.06. The van der Waals surface area contributed by atoms with Crippen molar-refractivity contribution in [3.63, 3.8) is 0 Å². The summed E-state index contributed by atoms with van der Waals surface area (Å²) in [6, 6.07) is 6.41. The number of nitrogens with one attached hydrogen (secondary N) is 1. The van der Waals surface area contributed by atoms with Crippen LogP contribution >= 0.6 is 27.5 Å². The van der Waals surface area contributed by atoms with Crippen LogP contribution in [0.2, 0.25) is 5.02 Å². The molecule has 0 aliphatic heterocycles. The highest BCUT2D eigenvalue weighted by Gasteiger charge is 2.23. The number of imidazole rings is 1. The number of nitrogens with zero attached hydrogens (tertiary/aromatic N) is 2. The second-order valence-electron chi connectivity index (χ2n) is 4.57. The Morgan fingerprint density at radius 2 is 2.22 bits per heavy atom. The van der Waals surface area contributed by atoms with E-state index in [9.17, 15) is 0 Å². The summed E-state index contributed by atoms with van der Waals surface area (Å²) in [5.74, 6) is 0.887. The number of aromatic nitrogens is 2. The summed E-state index contributed by atoms with van der Waals surface area (Å²) in [4.78, 5) is 4.53. The summed E-state index contributed by atoms with van der Waals surface area (Å²) in [5, 5.41) is 4.14. The molecule has 94 valence electrons. The maximum Gasteiger partial charge on any atom is 0.207 e. The monoisotopic (exact) mass is 325 g/mol. The third kappa shape index (κ3) is 2.27. The average Bonchev–Trinajstić information content (AvgIpc) is 3.06. The normalized spacial score (nSPS) is 14.8. The molecular formula is C13H13BrClN3. The fourth-order valence-electron chi connectivity index (χ4n) is 1.87. The number of hydrogen-bond donors (Lipinski definition) is 1. The van der Waals surface area contributed by atoms with Crippen LogP contribution in [0, 0.1) is 6.92 Å². The van der Waals surface area contributed by atoms with Crippen LogP contribution in [0.5, 0.6) is 0 Å². The number of benzene rings is 1. The lowest BCUT2D eigenvalue weighted by Gasteiger charge is -2.11. The lowest BCUT2D eigenvalue weighted by molar-refractivity contribution is 0.998. The molecule has 0 atom stereocenters.